The van der Waals surface area contributed by atoms with Gasteiger partial charge >= 0.3 is 0 Å². The molecule has 0 fully saturated rings. The number of halogens is 1. The van der Waals surface area contributed by atoms with Crippen LogP contribution >= 0.6 is 22.6 Å². The topological polar surface area (TPSA) is 30.2 Å². The summed E-state index contributed by atoms with van der Waals surface area (Å²) in [5.41, 5.74) is 2.84. The first-order valence-electron chi connectivity index (χ1n) is 4.28. The Hall–Kier alpha value is -0.840. The molecule has 0 bridgehead atoms. The van der Waals surface area contributed by atoms with Crippen LogP contribution in [0.25, 0.3) is 11.0 Å². The predicted molar refractivity (Wildman–Crippen MR) is 64.7 cm³/mol. The van der Waals surface area contributed by atoms with Crippen molar-refractivity contribution in [1.29, 1.82) is 0 Å². The molecule has 1 heterocycles. The number of rotatable bonds is 0. The van der Waals surface area contributed by atoms with Gasteiger partial charge in [-0.3, -0.25) is 4.79 Å². The molecule has 0 spiro atoms. The van der Waals surface area contributed by atoms with E-state index < -0.39 is 0 Å². The van der Waals surface area contributed by atoms with E-state index in [-0.39, 0.29) is 5.43 Å². The molecule has 1 aromatic heterocycles. The smallest absolute Gasteiger partial charge is 0.206 e. The van der Waals surface area contributed by atoms with Crippen LogP contribution in [0.4, 0.5) is 0 Å². The number of benzene rings is 1. The summed E-state index contributed by atoms with van der Waals surface area (Å²) in [7, 11) is 0. The zero-order valence-corrected chi connectivity index (χ0v) is 10.1. The van der Waals surface area contributed by atoms with E-state index in [4.69, 9.17) is 4.42 Å². The Kier molecular flexibility index (Phi) is 2.34. The highest BCUT2D eigenvalue weighted by molar-refractivity contribution is 14.1. The molecule has 0 radical (unpaired) electrons. The quantitative estimate of drug-likeness (QED) is 0.700. The summed E-state index contributed by atoms with van der Waals surface area (Å²) in [5.74, 6) is 0. The Morgan fingerprint density at radius 3 is 2.71 bits per heavy atom. The molecule has 0 unspecified atom stereocenters. The van der Waals surface area contributed by atoms with Crippen molar-refractivity contribution in [2.45, 2.75) is 13.8 Å². The minimum Gasteiger partial charge on any atom is -0.463 e. The predicted octanol–water partition coefficient (Wildman–Crippen LogP) is 3.01. The molecule has 0 aliphatic heterocycles. The second kappa shape index (κ2) is 3.38. The van der Waals surface area contributed by atoms with Crippen LogP contribution in [0.5, 0.6) is 0 Å². The van der Waals surface area contributed by atoms with Crippen molar-refractivity contribution < 1.29 is 4.42 Å². The van der Waals surface area contributed by atoms with Gasteiger partial charge in [0.25, 0.3) is 0 Å². The van der Waals surface area contributed by atoms with Crippen LogP contribution in [-0.4, -0.2) is 0 Å². The third-order valence-corrected chi connectivity index (χ3v) is 2.90. The van der Waals surface area contributed by atoms with Gasteiger partial charge in [0.05, 0.1) is 8.96 Å². The van der Waals surface area contributed by atoms with Gasteiger partial charge < -0.3 is 4.42 Å². The fraction of sp³-hybridized carbons (Fsp3) is 0.182. The van der Waals surface area contributed by atoms with E-state index in [1.54, 1.807) is 0 Å². The van der Waals surface area contributed by atoms with Crippen molar-refractivity contribution in [3.63, 3.8) is 0 Å². The van der Waals surface area contributed by atoms with Crippen molar-refractivity contribution in [2.24, 2.45) is 0 Å². The first-order valence-corrected chi connectivity index (χ1v) is 5.36. The van der Waals surface area contributed by atoms with Crippen LogP contribution in [0, 0.1) is 17.4 Å². The molecular formula is C11H9IO2. The zero-order valence-electron chi connectivity index (χ0n) is 7.93. The minimum atomic E-state index is 0.0543. The van der Waals surface area contributed by atoms with Crippen LogP contribution in [0.2, 0.25) is 0 Å². The lowest BCUT2D eigenvalue weighted by atomic mass is 10.1. The molecule has 0 amide bonds. The second-order valence-corrected chi connectivity index (χ2v) is 4.53. The molecule has 2 aromatic rings. The summed E-state index contributed by atoms with van der Waals surface area (Å²) < 4.78 is 6.03. The van der Waals surface area contributed by atoms with Gasteiger partial charge in [0.1, 0.15) is 11.8 Å². The highest BCUT2D eigenvalue weighted by Gasteiger charge is 2.07. The van der Waals surface area contributed by atoms with Crippen LogP contribution in [-0.2, 0) is 0 Å². The maximum absolute atomic E-state index is 11.8. The Morgan fingerprint density at radius 1 is 1.29 bits per heavy atom. The monoisotopic (exact) mass is 300 g/mol. The zero-order chi connectivity index (χ0) is 10.3. The third kappa shape index (κ3) is 1.45. The number of aryl methyl sites for hydroxylation is 2. The van der Waals surface area contributed by atoms with Crippen molar-refractivity contribution in [2.75, 3.05) is 0 Å². The van der Waals surface area contributed by atoms with Crippen LogP contribution in [0.1, 0.15) is 11.1 Å². The van der Waals surface area contributed by atoms with Crippen molar-refractivity contribution in [1.82, 2.24) is 0 Å². The molecule has 2 rings (SSSR count). The lowest BCUT2D eigenvalue weighted by molar-refractivity contribution is 0.595. The summed E-state index contributed by atoms with van der Waals surface area (Å²) in [6, 6.07) is 3.88. The molecule has 2 nitrogen and oxygen atoms in total. The van der Waals surface area contributed by atoms with Gasteiger partial charge in [-0.2, -0.15) is 0 Å². The van der Waals surface area contributed by atoms with Gasteiger partial charge in [0.15, 0.2) is 0 Å². The second-order valence-electron chi connectivity index (χ2n) is 3.37. The average Bonchev–Trinajstić information content (AvgIpc) is 2.12. The van der Waals surface area contributed by atoms with E-state index in [1.807, 2.05) is 48.6 Å². The van der Waals surface area contributed by atoms with Gasteiger partial charge in [0.2, 0.25) is 5.43 Å². The Bertz CT molecular complexity index is 555. The molecule has 14 heavy (non-hydrogen) atoms. The summed E-state index contributed by atoms with van der Waals surface area (Å²) in [5, 5.41) is 0.675. The lowest BCUT2D eigenvalue weighted by Gasteiger charge is -2.02. The SMILES string of the molecule is Cc1cc(C)c2occ(I)c(=O)c2c1. The molecular weight excluding hydrogens is 291 g/mol. The van der Waals surface area contributed by atoms with E-state index in [0.717, 1.165) is 11.1 Å². The van der Waals surface area contributed by atoms with E-state index >= 15 is 0 Å². The first kappa shape index (κ1) is 9.71. The third-order valence-electron chi connectivity index (χ3n) is 2.16. The van der Waals surface area contributed by atoms with E-state index in [9.17, 15) is 4.79 Å². The van der Waals surface area contributed by atoms with E-state index in [0.29, 0.717) is 14.5 Å². The van der Waals surface area contributed by atoms with Crippen molar-refractivity contribution in [3.05, 3.63) is 43.3 Å². The van der Waals surface area contributed by atoms with Gasteiger partial charge in [-0.1, -0.05) is 6.07 Å². The normalized spacial score (nSPS) is 10.8. The molecule has 72 valence electrons. The standard InChI is InChI=1S/C11H9IO2/c1-6-3-7(2)11-8(4-6)10(13)9(12)5-14-11/h3-5H,1-2H3. The minimum absolute atomic E-state index is 0.0543. The van der Waals surface area contributed by atoms with E-state index in [1.165, 1.54) is 6.26 Å². The van der Waals surface area contributed by atoms with E-state index in [2.05, 4.69) is 0 Å². The molecule has 0 saturated heterocycles. The number of fused-ring (bicyclic) bond motifs is 1. The van der Waals surface area contributed by atoms with Gasteiger partial charge in [-0.05, 0) is 53.6 Å². The van der Waals surface area contributed by atoms with Gasteiger partial charge in [-0.25, -0.2) is 0 Å². The molecule has 0 aliphatic carbocycles. The fourth-order valence-electron chi connectivity index (χ4n) is 1.57. The van der Waals surface area contributed by atoms with Crippen molar-refractivity contribution in [3.8, 4) is 0 Å². The Labute approximate surface area is 95.1 Å². The molecule has 0 aliphatic rings. The van der Waals surface area contributed by atoms with Gasteiger partial charge in [-0.15, -0.1) is 0 Å². The van der Waals surface area contributed by atoms with Gasteiger partial charge in [0, 0.05) is 0 Å². The van der Waals surface area contributed by atoms with Crippen LogP contribution < -0.4 is 5.43 Å². The number of hydrogen-bond acceptors (Lipinski definition) is 2. The Balaban J connectivity index is 3.03. The summed E-state index contributed by atoms with van der Waals surface area (Å²) in [4.78, 5) is 11.8. The Morgan fingerprint density at radius 2 is 2.00 bits per heavy atom. The average molecular weight is 300 g/mol. The molecule has 0 saturated carbocycles. The highest BCUT2D eigenvalue weighted by atomic mass is 127. The van der Waals surface area contributed by atoms with Crippen LogP contribution in [0.3, 0.4) is 0 Å². The molecule has 1 aromatic carbocycles. The lowest BCUT2D eigenvalue weighted by Crippen LogP contribution is -2.05. The summed E-state index contributed by atoms with van der Waals surface area (Å²) in [6.45, 7) is 3.93. The highest BCUT2D eigenvalue weighted by Crippen LogP contribution is 2.18. The largest absolute Gasteiger partial charge is 0.463 e. The van der Waals surface area contributed by atoms with Crippen molar-refractivity contribution >= 4 is 33.6 Å². The molecule has 3 heteroatoms. The summed E-state index contributed by atoms with van der Waals surface area (Å²) >= 11 is 1.99. The van der Waals surface area contributed by atoms with Crippen LogP contribution in [0.15, 0.2) is 27.6 Å². The fourth-order valence-corrected chi connectivity index (χ4v) is 1.99. The molecule has 0 atom stereocenters. The summed E-state index contributed by atoms with van der Waals surface area (Å²) in [6.07, 6.45) is 1.51. The molecule has 0 N–H and O–H groups in total. The maximum Gasteiger partial charge on any atom is 0.206 e. The number of hydrogen-bond donors (Lipinski definition) is 0. The maximum atomic E-state index is 11.8. The first-order chi connectivity index (χ1) is 6.59.